The molecule has 1 aromatic carbocycles. The molecule has 0 N–H and O–H groups in total. The Hall–Kier alpha value is -0.830. The Morgan fingerprint density at radius 2 is 2.21 bits per heavy atom. The summed E-state index contributed by atoms with van der Waals surface area (Å²) in [5.74, 6) is 0. The van der Waals surface area contributed by atoms with Gasteiger partial charge in [0.05, 0.1) is 11.2 Å². The van der Waals surface area contributed by atoms with Crippen LogP contribution in [-0.4, -0.2) is 9.78 Å². The van der Waals surface area contributed by atoms with Crippen molar-refractivity contribution in [2.75, 3.05) is 0 Å². The summed E-state index contributed by atoms with van der Waals surface area (Å²) in [6.07, 6.45) is 0. The predicted molar refractivity (Wildman–Crippen MR) is 62.8 cm³/mol. The van der Waals surface area contributed by atoms with Crippen molar-refractivity contribution in [1.29, 1.82) is 0 Å². The first kappa shape index (κ1) is 9.71. The zero-order valence-corrected chi connectivity index (χ0v) is 10.0. The van der Waals surface area contributed by atoms with Crippen molar-refractivity contribution in [1.82, 2.24) is 9.78 Å². The molecule has 0 aliphatic carbocycles. The average molecular weight is 253 g/mol. The van der Waals surface area contributed by atoms with Crippen molar-refractivity contribution in [3.05, 3.63) is 29.5 Å². The molecule has 0 saturated carbocycles. The van der Waals surface area contributed by atoms with E-state index in [4.69, 9.17) is 0 Å². The Morgan fingerprint density at radius 3 is 2.86 bits per heavy atom. The van der Waals surface area contributed by atoms with Crippen molar-refractivity contribution in [3.8, 4) is 0 Å². The SMILES string of the molecule is CCn1nc2cc(C)ccc2c1CBr. The van der Waals surface area contributed by atoms with Crippen LogP contribution >= 0.6 is 15.9 Å². The van der Waals surface area contributed by atoms with Gasteiger partial charge in [-0.3, -0.25) is 4.68 Å². The van der Waals surface area contributed by atoms with Crippen LogP contribution in [0.3, 0.4) is 0 Å². The molecule has 0 atom stereocenters. The van der Waals surface area contributed by atoms with Gasteiger partial charge in [-0.25, -0.2) is 0 Å². The van der Waals surface area contributed by atoms with E-state index in [1.54, 1.807) is 0 Å². The molecular formula is C11H13BrN2. The van der Waals surface area contributed by atoms with Crippen molar-refractivity contribution in [2.45, 2.75) is 25.7 Å². The minimum absolute atomic E-state index is 0.862. The molecule has 2 rings (SSSR count). The van der Waals surface area contributed by atoms with Gasteiger partial charge in [0.15, 0.2) is 0 Å². The predicted octanol–water partition coefficient (Wildman–Crippen LogP) is 3.26. The van der Waals surface area contributed by atoms with Crippen molar-refractivity contribution in [2.24, 2.45) is 0 Å². The van der Waals surface area contributed by atoms with Gasteiger partial charge in [0.25, 0.3) is 0 Å². The third kappa shape index (κ3) is 1.46. The van der Waals surface area contributed by atoms with Gasteiger partial charge >= 0.3 is 0 Å². The van der Waals surface area contributed by atoms with Crippen LogP contribution in [0.1, 0.15) is 18.2 Å². The molecule has 0 spiro atoms. The summed E-state index contributed by atoms with van der Waals surface area (Å²) < 4.78 is 2.05. The van der Waals surface area contributed by atoms with E-state index in [1.165, 1.54) is 16.6 Å². The van der Waals surface area contributed by atoms with Gasteiger partial charge < -0.3 is 0 Å². The monoisotopic (exact) mass is 252 g/mol. The van der Waals surface area contributed by atoms with E-state index in [0.717, 1.165) is 17.4 Å². The van der Waals surface area contributed by atoms with E-state index in [-0.39, 0.29) is 0 Å². The molecule has 3 heteroatoms. The number of hydrogen-bond acceptors (Lipinski definition) is 1. The van der Waals surface area contributed by atoms with Gasteiger partial charge in [-0.1, -0.05) is 28.1 Å². The lowest BCUT2D eigenvalue weighted by Gasteiger charge is -1.99. The second-order valence-electron chi connectivity index (χ2n) is 3.42. The summed E-state index contributed by atoms with van der Waals surface area (Å²) >= 11 is 3.51. The summed E-state index contributed by atoms with van der Waals surface area (Å²) in [5, 5.41) is 6.67. The van der Waals surface area contributed by atoms with Crippen LogP contribution in [0.4, 0.5) is 0 Å². The molecule has 2 nitrogen and oxygen atoms in total. The van der Waals surface area contributed by atoms with Gasteiger partial charge in [0, 0.05) is 17.3 Å². The molecule has 0 aliphatic rings. The summed E-state index contributed by atoms with van der Waals surface area (Å²) in [4.78, 5) is 0. The van der Waals surface area contributed by atoms with E-state index >= 15 is 0 Å². The van der Waals surface area contributed by atoms with Gasteiger partial charge in [-0.15, -0.1) is 0 Å². The highest BCUT2D eigenvalue weighted by atomic mass is 79.9. The molecule has 74 valence electrons. The average Bonchev–Trinajstić information content (AvgIpc) is 2.54. The third-order valence-corrected chi connectivity index (χ3v) is 2.96. The number of fused-ring (bicyclic) bond motifs is 1. The van der Waals surface area contributed by atoms with Gasteiger partial charge in [0.1, 0.15) is 0 Å². The molecule has 2 aromatic rings. The van der Waals surface area contributed by atoms with Gasteiger partial charge in [-0.05, 0) is 25.5 Å². The number of halogens is 1. The van der Waals surface area contributed by atoms with E-state index < -0.39 is 0 Å². The van der Waals surface area contributed by atoms with E-state index in [9.17, 15) is 0 Å². The molecule has 0 fully saturated rings. The molecule has 0 amide bonds. The van der Waals surface area contributed by atoms with Crippen molar-refractivity contribution >= 4 is 26.8 Å². The molecule has 1 heterocycles. The fourth-order valence-electron chi connectivity index (χ4n) is 1.70. The highest BCUT2D eigenvalue weighted by Gasteiger charge is 2.08. The molecular weight excluding hydrogens is 240 g/mol. The minimum atomic E-state index is 0.862. The Balaban J connectivity index is 2.73. The van der Waals surface area contributed by atoms with Crippen LogP contribution in [0.15, 0.2) is 18.2 Å². The van der Waals surface area contributed by atoms with Crippen LogP contribution in [0.2, 0.25) is 0 Å². The van der Waals surface area contributed by atoms with E-state index in [1.807, 2.05) is 0 Å². The molecule has 0 unspecified atom stereocenters. The fraction of sp³-hybridized carbons (Fsp3) is 0.364. The summed E-state index contributed by atoms with van der Waals surface area (Å²) in [6.45, 7) is 5.14. The largest absolute Gasteiger partial charge is 0.268 e. The number of aromatic nitrogens is 2. The summed E-state index contributed by atoms with van der Waals surface area (Å²) in [6, 6.07) is 6.42. The number of aryl methyl sites for hydroxylation is 2. The topological polar surface area (TPSA) is 17.8 Å². The zero-order chi connectivity index (χ0) is 10.1. The molecule has 0 bridgehead atoms. The summed E-state index contributed by atoms with van der Waals surface area (Å²) in [7, 11) is 0. The van der Waals surface area contributed by atoms with Crippen LogP contribution in [0, 0.1) is 6.92 Å². The number of nitrogens with zero attached hydrogens (tertiary/aromatic N) is 2. The first-order chi connectivity index (χ1) is 6.76. The maximum Gasteiger partial charge on any atom is 0.0929 e. The maximum absolute atomic E-state index is 4.55. The van der Waals surface area contributed by atoms with E-state index in [2.05, 4.69) is 57.8 Å². The standard InChI is InChI=1S/C11H13BrN2/c1-3-14-11(7-12)9-5-4-8(2)6-10(9)13-14/h4-6H,3,7H2,1-2H3. The maximum atomic E-state index is 4.55. The Labute approximate surface area is 92.0 Å². The van der Waals surface area contributed by atoms with E-state index in [0.29, 0.717) is 0 Å². The highest BCUT2D eigenvalue weighted by molar-refractivity contribution is 9.08. The second kappa shape index (κ2) is 3.73. The lowest BCUT2D eigenvalue weighted by atomic mass is 10.1. The highest BCUT2D eigenvalue weighted by Crippen LogP contribution is 2.21. The molecule has 14 heavy (non-hydrogen) atoms. The van der Waals surface area contributed by atoms with Gasteiger partial charge in [-0.2, -0.15) is 5.10 Å². The van der Waals surface area contributed by atoms with Gasteiger partial charge in [0.2, 0.25) is 0 Å². The first-order valence-electron chi connectivity index (χ1n) is 4.78. The minimum Gasteiger partial charge on any atom is -0.268 e. The normalized spacial score (nSPS) is 11.1. The molecule has 0 aliphatic heterocycles. The number of rotatable bonds is 2. The first-order valence-corrected chi connectivity index (χ1v) is 5.90. The van der Waals surface area contributed by atoms with Crippen LogP contribution in [0.5, 0.6) is 0 Å². The van der Waals surface area contributed by atoms with Crippen molar-refractivity contribution < 1.29 is 0 Å². The summed E-state index contributed by atoms with van der Waals surface area (Å²) in [5.41, 5.74) is 3.63. The lowest BCUT2D eigenvalue weighted by Crippen LogP contribution is -2.00. The van der Waals surface area contributed by atoms with Crippen LogP contribution < -0.4 is 0 Å². The molecule has 0 saturated heterocycles. The quantitative estimate of drug-likeness (QED) is 0.751. The Bertz CT molecular complexity index is 460. The van der Waals surface area contributed by atoms with Crippen LogP contribution in [0.25, 0.3) is 10.9 Å². The Morgan fingerprint density at radius 1 is 1.43 bits per heavy atom. The molecule has 1 aromatic heterocycles. The smallest absolute Gasteiger partial charge is 0.0929 e. The second-order valence-corrected chi connectivity index (χ2v) is 3.98. The number of benzene rings is 1. The zero-order valence-electron chi connectivity index (χ0n) is 8.42. The van der Waals surface area contributed by atoms with Crippen molar-refractivity contribution in [3.63, 3.8) is 0 Å². The number of alkyl halides is 1. The number of hydrogen-bond donors (Lipinski definition) is 0. The molecule has 0 radical (unpaired) electrons. The Kier molecular flexibility index (Phi) is 2.59. The third-order valence-electron chi connectivity index (χ3n) is 2.43. The van der Waals surface area contributed by atoms with Crippen LogP contribution in [-0.2, 0) is 11.9 Å². The fourth-order valence-corrected chi connectivity index (χ4v) is 2.29. The lowest BCUT2D eigenvalue weighted by molar-refractivity contribution is 0.645.